The Morgan fingerprint density at radius 1 is 1.13 bits per heavy atom. The van der Waals surface area contributed by atoms with Gasteiger partial charge >= 0.3 is 0 Å². The molecule has 1 aliphatic rings. The van der Waals surface area contributed by atoms with Gasteiger partial charge in [-0.1, -0.05) is 54.9 Å². The van der Waals surface area contributed by atoms with E-state index in [2.05, 4.69) is 16.5 Å². The molecule has 0 bridgehead atoms. The summed E-state index contributed by atoms with van der Waals surface area (Å²) >= 11 is 7.79. The van der Waals surface area contributed by atoms with Gasteiger partial charge in [0, 0.05) is 69.6 Å². The number of halogens is 1. The predicted octanol–water partition coefficient (Wildman–Crippen LogP) is 6.73. The van der Waals surface area contributed by atoms with Crippen molar-refractivity contribution < 1.29 is 23.3 Å². The molecule has 0 radical (unpaired) electrons. The Bertz CT molecular complexity index is 1640. The largest absolute Gasteiger partial charge is 0.497 e. The van der Waals surface area contributed by atoms with Crippen LogP contribution in [0, 0.1) is 0 Å². The van der Waals surface area contributed by atoms with Gasteiger partial charge < -0.3 is 14.4 Å². The standard InChI is InChI=1S/C26H36ClN3O4S.C9H6OS/c1-5-26(12-14-29(26)2)25(31)30(19-20-8-6-9-22(27)16-20)13-7-15-35(32)28-18-21-10-11-23(33-3)17-24(21)34-4;10-5-7-6-11-9-4-2-1-3-8(7)9/h6,8-11,16-17,28H,5,7,12-15,18-19H2,1-4H3;1-6H. The van der Waals surface area contributed by atoms with Crippen molar-refractivity contribution in [3.05, 3.63) is 93.8 Å². The van der Waals surface area contributed by atoms with Crippen LogP contribution in [-0.2, 0) is 28.9 Å². The molecule has 2 unspecified atom stereocenters. The number of hydrogen-bond acceptors (Lipinski definition) is 7. The number of nitrogens with one attached hydrogen (secondary N) is 1. The first-order valence-corrected chi connectivity index (χ1v) is 17.8. The molecule has 46 heavy (non-hydrogen) atoms. The zero-order chi connectivity index (χ0) is 33.1. The number of likely N-dealkylation sites (tertiary alicyclic amines) is 1. The molecule has 5 rings (SSSR count). The van der Waals surface area contributed by atoms with Gasteiger partial charge in [0.05, 0.1) is 25.2 Å². The number of likely N-dealkylation sites (N-methyl/N-ethyl adjacent to an activating group) is 1. The summed E-state index contributed by atoms with van der Waals surface area (Å²) < 4.78 is 27.6. The van der Waals surface area contributed by atoms with Crippen LogP contribution in [0.3, 0.4) is 0 Å². The second-order valence-electron chi connectivity index (χ2n) is 11.1. The van der Waals surface area contributed by atoms with Crippen LogP contribution in [0.2, 0.25) is 5.02 Å². The van der Waals surface area contributed by atoms with Crippen molar-refractivity contribution in [3.63, 3.8) is 0 Å². The summed E-state index contributed by atoms with van der Waals surface area (Å²) in [5.41, 5.74) is 2.24. The highest BCUT2D eigenvalue weighted by Crippen LogP contribution is 2.35. The first kappa shape index (κ1) is 35.6. The van der Waals surface area contributed by atoms with Crippen molar-refractivity contribution in [1.29, 1.82) is 0 Å². The minimum absolute atomic E-state index is 0.135. The number of nitrogens with zero attached hydrogens (tertiary/aromatic N) is 2. The van der Waals surface area contributed by atoms with Gasteiger partial charge in [-0.2, -0.15) is 0 Å². The van der Waals surface area contributed by atoms with Crippen LogP contribution < -0.4 is 14.2 Å². The Kier molecular flexibility index (Phi) is 13.2. The maximum absolute atomic E-state index is 13.6. The number of thiophene rings is 1. The number of carbonyl (C=O) groups excluding carboxylic acids is 2. The predicted molar refractivity (Wildman–Crippen MR) is 188 cm³/mol. The Balaban J connectivity index is 0.000000363. The first-order chi connectivity index (χ1) is 22.2. The third-order valence-electron chi connectivity index (χ3n) is 8.44. The lowest BCUT2D eigenvalue weighted by atomic mass is 9.81. The van der Waals surface area contributed by atoms with E-state index in [9.17, 15) is 13.8 Å². The molecule has 0 aliphatic carbocycles. The molecule has 1 saturated heterocycles. The van der Waals surface area contributed by atoms with Gasteiger partial charge in [-0.3, -0.25) is 14.5 Å². The minimum atomic E-state index is -1.24. The van der Waals surface area contributed by atoms with Gasteiger partial charge in [-0.05, 0) is 56.1 Å². The molecule has 11 heteroatoms. The molecular formula is C35H42ClN3O5S2. The number of rotatable bonds is 14. The van der Waals surface area contributed by atoms with Crippen LogP contribution in [0.5, 0.6) is 11.5 Å². The third kappa shape index (κ3) is 8.74. The SMILES string of the molecule is CCC1(C(=O)N(CCCS(=O)NCc2ccc(OC)cc2OC)Cc2cccc(Cl)c2)CCN1C.O=Cc1csc2ccccc12. The third-order valence-corrected chi connectivity index (χ3v) is 10.8. The molecule has 1 amide bonds. The van der Waals surface area contributed by atoms with Gasteiger partial charge in [0.1, 0.15) is 17.0 Å². The zero-order valence-electron chi connectivity index (χ0n) is 26.8. The van der Waals surface area contributed by atoms with Crippen LogP contribution in [0.25, 0.3) is 10.1 Å². The van der Waals surface area contributed by atoms with Gasteiger partial charge in [-0.15, -0.1) is 11.3 Å². The van der Waals surface area contributed by atoms with E-state index in [1.165, 1.54) is 4.70 Å². The summed E-state index contributed by atoms with van der Waals surface area (Å²) in [6, 6.07) is 21.1. The van der Waals surface area contributed by atoms with Crippen molar-refractivity contribution in [1.82, 2.24) is 14.5 Å². The fraction of sp³-hybridized carbons (Fsp3) is 0.371. The van der Waals surface area contributed by atoms with E-state index in [1.807, 2.05) is 78.0 Å². The second kappa shape index (κ2) is 17.0. The van der Waals surface area contributed by atoms with E-state index in [-0.39, 0.29) is 5.91 Å². The van der Waals surface area contributed by atoms with E-state index in [0.29, 0.717) is 48.3 Å². The summed E-state index contributed by atoms with van der Waals surface area (Å²) in [5, 5.41) is 3.60. The minimum Gasteiger partial charge on any atom is -0.497 e. The molecule has 8 nitrogen and oxygen atoms in total. The van der Waals surface area contributed by atoms with Crippen LogP contribution in [-0.4, -0.2) is 71.9 Å². The van der Waals surface area contributed by atoms with Crippen LogP contribution in [0.15, 0.2) is 72.1 Å². The highest BCUT2D eigenvalue weighted by molar-refractivity contribution is 7.82. The molecule has 1 aromatic heterocycles. The highest BCUT2D eigenvalue weighted by Gasteiger charge is 2.49. The normalized spacial score (nSPS) is 16.5. The van der Waals surface area contributed by atoms with Crippen molar-refractivity contribution in [2.24, 2.45) is 0 Å². The Morgan fingerprint density at radius 2 is 1.93 bits per heavy atom. The van der Waals surface area contributed by atoms with Crippen molar-refractivity contribution in [2.75, 3.05) is 40.1 Å². The quantitative estimate of drug-likeness (QED) is 0.148. The summed E-state index contributed by atoms with van der Waals surface area (Å²) in [4.78, 5) is 28.1. The van der Waals surface area contributed by atoms with Crippen molar-refractivity contribution >= 4 is 56.2 Å². The van der Waals surface area contributed by atoms with E-state index in [4.69, 9.17) is 21.1 Å². The van der Waals surface area contributed by atoms with Gasteiger partial charge in [-0.25, -0.2) is 8.93 Å². The number of ether oxygens (including phenoxy) is 2. The van der Waals surface area contributed by atoms with E-state index in [0.717, 1.165) is 47.7 Å². The molecule has 1 fully saturated rings. The monoisotopic (exact) mass is 683 g/mol. The van der Waals surface area contributed by atoms with E-state index >= 15 is 0 Å². The first-order valence-electron chi connectivity index (χ1n) is 15.2. The molecule has 3 aromatic carbocycles. The second-order valence-corrected chi connectivity index (χ2v) is 13.9. The number of methoxy groups -OCH3 is 2. The number of aldehydes is 1. The van der Waals surface area contributed by atoms with E-state index in [1.54, 1.807) is 31.6 Å². The fourth-order valence-electron chi connectivity index (χ4n) is 5.58. The highest BCUT2D eigenvalue weighted by atomic mass is 35.5. The van der Waals surface area contributed by atoms with Crippen molar-refractivity contribution in [2.45, 2.75) is 44.8 Å². The van der Waals surface area contributed by atoms with E-state index < -0.39 is 16.5 Å². The summed E-state index contributed by atoms with van der Waals surface area (Å²) in [7, 11) is 3.97. The molecule has 4 aromatic rings. The Hall–Kier alpha value is -3.28. The molecular weight excluding hydrogens is 642 g/mol. The molecule has 1 N–H and O–H groups in total. The van der Waals surface area contributed by atoms with Gasteiger partial charge in [0.15, 0.2) is 6.29 Å². The fourth-order valence-corrected chi connectivity index (χ4v) is 7.55. The molecule has 1 aliphatic heterocycles. The number of benzene rings is 3. The summed E-state index contributed by atoms with van der Waals surface area (Å²) in [6.07, 6.45) is 3.15. The lowest BCUT2D eigenvalue weighted by Gasteiger charge is -2.51. The smallest absolute Gasteiger partial charge is 0.243 e. The van der Waals surface area contributed by atoms with Crippen LogP contribution in [0.4, 0.5) is 0 Å². The number of hydrogen-bond donors (Lipinski definition) is 1. The average molecular weight is 684 g/mol. The molecule has 2 heterocycles. The maximum atomic E-state index is 13.6. The Labute approximate surface area is 283 Å². The number of carbonyl (C=O) groups is 2. The van der Waals surface area contributed by atoms with Crippen LogP contribution in [0.1, 0.15) is 47.7 Å². The lowest BCUT2D eigenvalue weighted by molar-refractivity contribution is -0.153. The lowest BCUT2D eigenvalue weighted by Crippen LogP contribution is -2.66. The number of fused-ring (bicyclic) bond motifs is 1. The average Bonchev–Trinajstić information content (AvgIpc) is 3.50. The topological polar surface area (TPSA) is 88.2 Å². The molecule has 2 atom stereocenters. The molecule has 0 spiro atoms. The number of amides is 1. The zero-order valence-corrected chi connectivity index (χ0v) is 29.2. The Morgan fingerprint density at radius 3 is 2.59 bits per heavy atom. The molecule has 0 saturated carbocycles. The van der Waals surface area contributed by atoms with Gasteiger partial charge in [0.25, 0.3) is 0 Å². The summed E-state index contributed by atoms with van der Waals surface area (Å²) in [5.74, 6) is 1.96. The van der Waals surface area contributed by atoms with Gasteiger partial charge in [0.2, 0.25) is 5.91 Å². The molecule has 246 valence electrons. The maximum Gasteiger partial charge on any atom is 0.243 e. The summed E-state index contributed by atoms with van der Waals surface area (Å²) in [6.45, 7) is 4.41. The van der Waals surface area contributed by atoms with Crippen LogP contribution >= 0.6 is 22.9 Å². The van der Waals surface area contributed by atoms with Crippen molar-refractivity contribution in [3.8, 4) is 11.5 Å².